The number of nitrogens with two attached hydrogens (primary N) is 1. The molecule has 2 heterocycles. The molecule has 2 aromatic heterocycles. The molecule has 2 atom stereocenters. The van der Waals surface area contributed by atoms with Crippen molar-refractivity contribution in [3.8, 4) is 0 Å². The van der Waals surface area contributed by atoms with Gasteiger partial charge in [0.15, 0.2) is 11.5 Å². The number of nitrogens with zero attached hydrogens (tertiary/aromatic N) is 3. The fourth-order valence-corrected chi connectivity index (χ4v) is 2.92. The van der Waals surface area contributed by atoms with E-state index < -0.39 is 0 Å². The van der Waals surface area contributed by atoms with Gasteiger partial charge in [-0.3, -0.25) is 0 Å². The zero-order valence-electron chi connectivity index (χ0n) is 10.8. The molecule has 0 radical (unpaired) electrons. The molecule has 0 aromatic carbocycles. The minimum atomic E-state index is 0.273. The molecular formula is C13H19N5O. The third-order valence-corrected chi connectivity index (χ3v) is 3.98. The Labute approximate surface area is 111 Å². The lowest BCUT2D eigenvalue weighted by atomic mass is 9.97. The predicted octanol–water partition coefficient (Wildman–Crippen LogP) is 1.13. The Morgan fingerprint density at radius 1 is 1.42 bits per heavy atom. The summed E-state index contributed by atoms with van der Waals surface area (Å²) in [4.78, 5) is 8.58. The Kier molecular flexibility index (Phi) is 3.25. The van der Waals surface area contributed by atoms with Gasteiger partial charge in [-0.2, -0.15) is 0 Å². The quantitative estimate of drug-likeness (QED) is 0.768. The lowest BCUT2D eigenvalue weighted by Crippen LogP contribution is -2.21. The second kappa shape index (κ2) is 5.05. The third-order valence-electron chi connectivity index (χ3n) is 3.98. The molecule has 102 valence electrons. The normalized spacial score (nSPS) is 23.0. The maximum atomic E-state index is 9.34. The topological polar surface area (TPSA) is 88.5 Å². The summed E-state index contributed by atoms with van der Waals surface area (Å²) in [5.41, 5.74) is 6.57. The molecule has 1 saturated carbocycles. The Balaban J connectivity index is 1.76. The van der Waals surface area contributed by atoms with Crippen molar-refractivity contribution in [1.82, 2.24) is 14.4 Å². The first-order valence-electron chi connectivity index (χ1n) is 6.72. The van der Waals surface area contributed by atoms with Crippen LogP contribution >= 0.6 is 0 Å². The van der Waals surface area contributed by atoms with E-state index in [2.05, 4.69) is 15.3 Å². The molecule has 1 fully saturated rings. The summed E-state index contributed by atoms with van der Waals surface area (Å²) in [7, 11) is 0. The molecule has 1 aliphatic carbocycles. The largest absolute Gasteiger partial charge is 0.396 e. The fraction of sp³-hybridized carbons (Fsp3) is 0.538. The van der Waals surface area contributed by atoms with Gasteiger partial charge in [-0.1, -0.05) is 6.42 Å². The van der Waals surface area contributed by atoms with Gasteiger partial charge in [0.2, 0.25) is 0 Å². The van der Waals surface area contributed by atoms with Crippen molar-refractivity contribution >= 4 is 17.3 Å². The van der Waals surface area contributed by atoms with E-state index >= 15 is 0 Å². The first-order chi connectivity index (χ1) is 9.28. The van der Waals surface area contributed by atoms with E-state index in [0.717, 1.165) is 25.0 Å². The molecular weight excluding hydrogens is 242 g/mol. The van der Waals surface area contributed by atoms with E-state index in [1.807, 2.05) is 10.6 Å². The van der Waals surface area contributed by atoms with Gasteiger partial charge in [-0.15, -0.1) is 0 Å². The van der Waals surface area contributed by atoms with E-state index in [9.17, 15) is 5.11 Å². The van der Waals surface area contributed by atoms with Crippen LogP contribution in [0.5, 0.6) is 0 Å². The second-order valence-corrected chi connectivity index (χ2v) is 5.19. The van der Waals surface area contributed by atoms with Gasteiger partial charge in [-0.25, -0.2) is 9.97 Å². The van der Waals surface area contributed by atoms with Crippen molar-refractivity contribution in [3.05, 3.63) is 18.6 Å². The van der Waals surface area contributed by atoms with E-state index in [-0.39, 0.29) is 6.61 Å². The molecule has 19 heavy (non-hydrogen) atoms. The molecule has 0 saturated heterocycles. The number of aliphatic hydroxyl groups excluding tert-OH is 1. The van der Waals surface area contributed by atoms with Crippen molar-refractivity contribution in [3.63, 3.8) is 0 Å². The summed E-state index contributed by atoms with van der Waals surface area (Å²) in [6.45, 7) is 1.08. The molecule has 6 heteroatoms. The van der Waals surface area contributed by atoms with E-state index in [1.165, 1.54) is 6.42 Å². The van der Waals surface area contributed by atoms with Crippen LogP contribution in [-0.4, -0.2) is 32.6 Å². The average Bonchev–Trinajstić information content (AvgIpc) is 3.03. The number of aliphatic hydroxyl groups is 1. The highest BCUT2D eigenvalue weighted by Gasteiger charge is 2.26. The van der Waals surface area contributed by atoms with Gasteiger partial charge in [0, 0.05) is 25.5 Å². The number of imidazole rings is 1. The molecule has 2 unspecified atom stereocenters. The predicted molar refractivity (Wildman–Crippen MR) is 73.8 cm³/mol. The maximum Gasteiger partial charge on any atom is 0.180 e. The van der Waals surface area contributed by atoms with Gasteiger partial charge >= 0.3 is 0 Å². The van der Waals surface area contributed by atoms with Crippen LogP contribution in [0.3, 0.4) is 0 Å². The Hall–Kier alpha value is -1.82. The molecule has 3 rings (SSSR count). The van der Waals surface area contributed by atoms with Gasteiger partial charge in [0.1, 0.15) is 5.82 Å². The number of fused-ring (bicyclic) bond motifs is 1. The lowest BCUT2D eigenvalue weighted by Gasteiger charge is -2.18. The van der Waals surface area contributed by atoms with Crippen LogP contribution in [0.25, 0.3) is 5.65 Å². The van der Waals surface area contributed by atoms with Crippen LogP contribution in [0, 0.1) is 11.8 Å². The van der Waals surface area contributed by atoms with Crippen LogP contribution in [0.1, 0.15) is 19.3 Å². The maximum absolute atomic E-state index is 9.34. The number of anilines is 2. The third kappa shape index (κ3) is 2.35. The summed E-state index contributed by atoms with van der Waals surface area (Å²) >= 11 is 0. The molecule has 6 nitrogen and oxygen atoms in total. The van der Waals surface area contributed by atoms with Crippen molar-refractivity contribution in [2.24, 2.45) is 11.8 Å². The van der Waals surface area contributed by atoms with E-state index in [0.29, 0.717) is 23.5 Å². The molecule has 4 N–H and O–H groups in total. The van der Waals surface area contributed by atoms with Crippen LogP contribution in [0.4, 0.5) is 11.6 Å². The first kappa shape index (κ1) is 12.2. The minimum absolute atomic E-state index is 0.273. The van der Waals surface area contributed by atoms with Gasteiger partial charge in [0.25, 0.3) is 0 Å². The smallest absolute Gasteiger partial charge is 0.180 e. The average molecular weight is 261 g/mol. The SMILES string of the molecule is Nc1cn2ccnc2c(NCC2CCCC2CO)n1. The Bertz CT molecular complexity index is 567. The molecule has 1 aliphatic rings. The van der Waals surface area contributed by atoms with Gasteiger partial charge in [0.05, 0.1) is 6.20 Å². The van der Waals surface area contributed by atoms with Crippen LogP contribution in [0.2, 0.25) is 0 Å². The molecule has 0 aliphatic heterocycles. The number of hydrogen-bond acceptors (Lipinski definition) is 5. The molecule has 0 bridgehead atoms. The van der Waals surface area contributed by atoms with E-state index in [1.54, 1.807) is 12.4 Å². The molecule has 0 spiro atoms. The van der Waals surface area contributed by atoms with Gasteiger partial charge in [-0.05, 0) is 24.7 Å². The number of hydrogen-bond donors (Lipinski definition) is 3. The molecule has 2 aromatic rings. The summed E-state index contributed by atoms with van der Waals surface area (Å²) in [6, 6.07) is 0. The number of nitrogen functional groups attached to an aromatic ring is 1. The lowest BCUT2D eigenvalue weighted by molar-refractivity contribution is 0.199. The van der Waals surface area contributed by atoms with Crippen molar-refractivity contribution < 1.29 is 5.11 Å². The zero-order chi connectivity index (χ0) is 13.2. The van der Waals surface area contributed by atoms with E-state index in [4.69, 9.17) is 5.73 Å². The van der Waals surface area contributed by atoms with Crippen LogP contribution < -0.4 is 11.1 Å². The first-order valence-corrected chi connectivity index (χ1v) is 6.72. The second-order valence-electron chi connectivity index (χ2n) is 5.19. The Morgan fingerprint density at radius 3 is 3.11 bits per heavy atom. The Morgan fingerprint density at radius 2 is 2.26 bits per heavy atom. The highest BCUT2D eigenvalue weighted by atomic mass is 16.3. The van der Waals surface area contributed by atoms with Crippen molar-refractivity contribution in [2.75, 3.05) is 24.2 Å². The molecule has 0 amide bonds. The summed E-state index contributed by atoms with van der Waals surface area (Å²) in [5.74, 6) is 2.10. The van der Waals surface area contributed by atoms with Crippen molar-refractivity contribution in [1.29, 1.82) is 0 Å². The summed E-state index contributed by atoms with van der Waals surface area (Å²) in [6.07, 6.45) is 8.80. The number of rotatable bonds is 4. The summed E-state index contributed by atoms with van der Waals surface area (Å²) in [5, 5.41) is 12.7. The highest BCUT2D eigenvalue weighted by Crippen LogP contribution is 2.31. The van der Waals surface area contributed by atoms with Gasteiger partial charge < -0.3 is 20.6 Å². The highest BCUT2D eigenvalue weighted by molar-refractivity contribution is 5.64. The minimum Gasteiger partial charge on any atom is -0.396 e. The summed E-state index contributed by atoms with van der Waals surface area (Å²) < 4.78 is 1.86. The zero-order valence-corrected chi connectivity index (χ0v) is 10.8. The fourth-order valence-electron chi connectivity index (χ4n) is 2.92. The number of aromatic nitrogens is 3. The van der Waals surface area contributed by atoms with Crippen LogP contribution in [-0.2, 0) is 0 Å². The van der Waals surface area contributed by atoms with Crippen molar-refractivity contribution in [2.45, 2.75) is 19.3 Å². The van der Waals surface area contributed by atoms with Crippen LogP contribution in [0.15, 0.2) is 18.6 Å². The monoisotopic (exact) mass is 261 g/mol. The number of nitrogens with one attached hydrogen (secondary N) is 1. The standard InChI is InChI=1S/C13H19N5O/c14-11-7-18-5-4-15-13(18)12(17-11)16-6-9-2-1-3-10(9)8-19/h4-5,7,9-10,19H,1-3,6,8,14H2,(H,16,17).